The van der Waals surface area contributed by atoms with Crippen LogP contribution in [0.15, 0.2) is 65.1 Å². The molecule has 39 heavy (non-hydrogen) atoms. The van der Waals surface area contributed by atoms with E-state index in [9.17, 15) is 19.5 Å². The number of aromatic carboxylic acids is 1. The second-order valence-corrected chi connectivity index (χ2v) is 11.0. The number of hydrogen-bond donors (Lipinski definition) is 2. The fourth-order valence-electron chi connectivity index (χ4n) is 3.93. The molecule has 0 radical (unpaired) electrons. The van der Waals surface area contributed by atoms with E-state index in [1.165, 1.54) is 53.3 Å². The number of ether oxygens (including phenoxy) is 1. The summed E-state index contributed by atoms with van der Waals surface area (Å²) < 4.78 is 5.47. The number of anilines is 1. The van der Waals surface area contributed by atoms with Crippen molar-refractivity contribution in [2.45, 2.75) is 6.42 Å². The first-order valence-electron chi connectivity index (χ1n) is 11.6. The number of methoxy groups -OCH3 is 1. The number of aromatic nitrogens is 2. The molecule has 1 saturated heterocycles. The standard InChI is InChI=1S/C27H20N4O5S3/c1-36-22-12-17(3-4-19(22)26(34)35)30-24(32)6-9-31-25(33)23(39-27(31)37)13-18-10-16(14-38-18)15-2-5-20-21(11-15)29-8-7-28-20/h2-5,7-8,10-14H,6,9H2,1H3,(H,30,32)(H,34,35). The van der Waals surface area contributed by atoms with Crippen molar-refractivity contribution in [3.63, 3.8) is 0 Å². The average Bonchev–Trinajstić information content (AvgIpc) is 3.50. The highest BCUT2D eigenvalue weighted by molar-refractivity contribution is 8.26. The van der Waals surface area contributed by atoms with E-state index in [4.69, 9.17) is 17.0 Å². The highest BCUT2D eigenvalue weighted by Gasteiger charge is 2.32. The van der Waals surface area contributed by atoms with Crippen LogP contribution in [0.25, 0.3) is 28.2 Å². The molecule has 1 fully saturated rings. The summed E-state index contributed by atoms with van der Waals surface area (Å²) in [5, 5.41) is 13.9. The minimum absolute atomic E-state index is 0.00992. The molecule has 0 bridgehead atoms. The van der Waals surface area contributed by atoms with Gasteiger partial charge in [-0.3, -0.25) is 24.5 Å². The lowest BCUT2D eigenvalue weighted by Crippen LogP contribution is -2.31. The Hall–Kier alpha value is -4.13. The fraction of sp³-hybridized carbons (Fsp3) is 0.111. The molecule has 2 aromatic heterocycles. The number of thiophene rings is 1. The number of carboxylic acids is 1. The molecule has 4 aromatic rings. The molecule has 3 heterocycles. The Kier molecular flexibility index (Phi) is 7.68. The lowest BCUT2D eigenvalue weighted by Gasteiger charge is -2.14. The number of carbonyl (C=O) groups excluding carboxylic acids is 2. The summed E-state index contributed by atoms with van der Waals surface area (Å²) in [5.74, 6) is -1.59. The maximum absolute atomic E-state index is 13.0. The summed E-state index contributed by atoms with van der Waals surface area (Å²) in [6.45, 7) is 0.117. The molecule has 2 amide bonds. The van der Waals surface area contributed by atoms with Gasteiger partial charge < -0.3 is 15.2 Å². The molecule has 2 aromatic carbocycles. The molecule has 196 valence electrons. The van der Waals surface area contributed by atoms with Crippen LogP contribution in [-0.2, 0) is 9.59 Å². The van der Waals surface area contributed by atoms with Gasteiger partial charge in [0.25, 0.3) is 5.91 Å². The Morgan fingerprint density at radius 2 is 1.90 bits per heavy atom. The number of thiocarbonyl (C=S) groups is 1. The van der Waals surface area contributed by atoms with Crippen LogP contribution < -0.4 is 10.1 Å². The van der Waals surface area contributed by atoms with E-state index in [0.29, 0.717) is 14.9 Å². The van der Waals surface area contributed by atoms with Gasteiger partial charge in [0.15, 0.2) is 0 Å². The Morgan fingerprint density at radius 1 is 1.10 bits per heavy atom. The Balaban J connectivity index is 1.22. The molecule has 9 nitrogen and oxygen atoms in total. The molecule has 2 N–H and O–H groups in total. The molecular weight excluding hydrogens is 557 g/mol. The number of fused-ring (bicyclic) bond motifs is 1. The summed E-state index contributed by atoms with van der Waals surface area (Å²) >= 11 is 8.12. The number of carbonyl (C=O) groups is 3. The van der Waals surface area contributed by atoms with Crippen LogP contribution in [0.5, 0.6) is 5.75 Å². The SMILES string of the molecule is COc1cc(NC(=O)CCN2C(=O)C(=Cc3cc(-c4ccc5nccnc5c4)cs3)SC2=S)ccc1C(=O)O. The van der Waals surface area contributed by atoms with Crippen LogP contribution in [-0.4, -0.2) is 55.7 Å². The van der Waals surface area contributed by atoms with Crippen molar-refractivity contribution in [2.75, 3.05) is 19.0 Å². The first-order valence-corrected chi connectivity index (χ1v) is 13.7. The molecule has 1 aliphatic rings. The van der Waals surface area contributed by atoms with Gasteiger partial charge in [-0.2, -0.15) is 0 Å². The minimum atomic E-state index is -1.13. The first kappa shape index (κ1) is 26.5. The number of hydrogen-bond acceptors (Lipinski definition) is 9. The highest BCUT2D eigenvalue weighted by Crippen LogP contribution is 2.35. The van der Waals surface area contributed by atoms with Crippen LogP contribution in [0.3, 0.4) is 0 Å². The Bertz CT molecular complexity index is 1670. The van der Waals surface area contributed by atoms with Crippen molar-refractivity contribution >= 4 is 80.2 Å². The number of nitrogens with one attached hydrogen (secondary N) is 1. The molecule has 0 aliphatic carbocycles. The van der Waals surface area contributed by atoms with E-state index in [2.05, 4.69) is 15.3 Å². The van der Waals surface area contributed by atoms with Gasteiger partial charge in [-0.1, -0.05) is 30.0 Å². The van der Waals surface area contributed by atoms with Gasteiger partial charge in [-0.05, 0) is 52.9 Å². The van der Waals surface area contributed by atoms with Gasteiger partial charge in [0.05, 0.1) is 23.0 Å². The maximum Gasteiger partial charge on any atom is 0.339 e. The Morgan fingerprint density at radius 3 is 2.67 bits per heavy atom. The lowest BCUT2D eigenvalue weighted by atomic mass is 10.1. The van der Waals surface area contributed by atoms with Crippen molar-refractivity contribution in [3.05, 3.63) is 75.6 Å². The van der Waals surface area contributed by atoms with E-state index in [0.717, 1.165) is 27.0 Å². The fourth-order valence-corrected chi connectivity index (χ4v) is 6.15. The zero-order valence-corrected chi connectivity index (χ0v) is 22.9. The number of rotatable bonds is 8. The van der Waals surface area contributed by atoms with Crippen molar-refractivity contribution in [2.24, 2.45) is 0 Å². The second-order valence-electron chi connectivity index (χ2n) is 8.35. The van der Waals surface area contributed by atoms with Crippen LogP contribution in [0, 0.1) is 0 Å². The summed E-state index contributed by atoms with van der Waals surface area (Å²) in [6, 6.07) is 12.2. The molecule has 5 rings (SSSR count). The monoisotopic (exact) mass is 576 g/mol. The van der Waals surface area contributed by atoms with Gasteiger partial charge in [-0.15, -0.1) is 11.3 Å². The number of amides is 2. The predicted molar refractivity (Wildman–Crippen MR) is 156 cm³/mol. The Labute approximate surface area is 236 Å². The summed E-state index contributed by atoms with van der Waals surface area (Å²) in [6.07, 6.45) is 5.14. The number of carboxylic acid groups (broad SMARTS) is 1. The zero-order chi connectivity index (χ0) is 27.5. The van der Waals surface area contributed by atoms with Gasteiger partial charge in [0.1, 0.15) is 15.6 Å². The van der Waals surface area contributed by atoms with Crippen LogP contribution >= 0.6 is 35.3 Å². The number of nitrogens with zero attached hydrogens (tertiary/aromatic N) is 3. The molecule has 12 heteroatoms. The predicted octanol–water partition coefficient (Wildman–Crippen LogP) is 5.30. The smallest absolute Gasteiger partial charge is 0.339 e. The van der Waals surface area contributed by atoms with Gasteiger partial charge >= 0.3 is 5.97 Å². The van der Waals surface area contributed by atoms with Crippen LogP contribution in [0.1, 0.15) is 21.7 Å². The lowest BCUT2D eigenvalue weighted by molar-refractivity contribution is -0.122. The summed E-state index contributed by atoms with van der Waals surface area (Å²) in [7, 11) is 1.35. The average molecular weight is 577 g/mol. The van der Waals surface area contributed by atoms with Gasteiger partial charge in [0.2, 0.25) is 5.91 Å². The molecule has 1 aliphatic heterocycles. The quantitative estimate of drug-likeness (QED) is 0.213. The third kappa shape index (κ3) is 5.82. The van der Waals surface area contributed by atoms with E-state index in [1.54, 1.807) is 12.4 Å². The first-order chi connectivity index (χ1) is 18.8. The summed E-state index contributed by atoms with van der Waals surface area (Å²) in [5.41, 5.74) is 4.03. The maximum atomic E-state index is 13.0. The third-order valence-corrected chi connectivity index (χ3v) is 8.10. The molecular formula is C27H20N4O5S3. The van der Waals surface area contributed by atoms with Gasteiger partial charge in [0, 0.05) is 42.0 Å². The number of benzene rings is 2. The molecule has 0 atom stereocenters. The van der Waals surface area contributed by atoms with E-state index in [-0.39, 0.29) is 36.1 Å². The summed E-state index contributed by atoms with van der Waals surface area (Å²) in [4.78, 5) is 48.3. The van der Waals surface area contributed by atoms with Crippen molar-refractivity contribution in [1.82, 2.24) is 14.9 Å². The molecule has 0 saturated carbocycles. The van der Waals surface area contributed by atoms with E-state index >= 15 is 0 Å². The molecule has 0 spiro atoms. The zero-order valence-electron chi connectivity index (χ0n) is 20.4. The topological polar surface area (TPSA) is 122 Å². The van der Waals surface area contributed by atoms with E-state index < -0.39 is 5.97 Å². The molecule has 0 unspecified atom stereocenters. The largest absolute Gasteiger partial charge is 0.496 e. The van der Waals surface area contributed by atoms with Crippen molar-refractivity contribution < 1.29 is 24.2 Å². The van der Waals surface area contributed by atoms with Crippen LogP contribution in [0.2, 0.25) is 0 Å². The van der Waals surface area contributed by atoms with Crippen LogP contribution in [0.4, 0.5) is 5.69 Å². The van der Waals surface area contributed by atoms with Crippen molar-refractivity contribution in [3.8, 4) is 16.9 Å². The van der Waals surface area contributed by atoms with Crippen molar-refractivity contribution in [1.29, 1.82) is 0 Å². The highest BCUT2D eigenvalue weighted by atomic mass is 32.2. The van der Waals surface area contributed by atoms with E-state index in [1.807, 2.05) is 35.7 Å². The normalized spacial score (nSPS) is 14.3. The second kappa shape index (κ2) is 11.3. The third-order valence-electron chi connectivity index (χ3n) is 5.85. The van der Waals surface area contributed by atoms with Gasteiger partial charge in [-0.25, -0.2) is 4.79 Å². The minimum Gasteiger partial charge on any atom is -0.496 e. The number of thioether (sulfide) groups is 1.